The Morgan fingerprint density at radius 1 is 2.00 bits per heavy atom. The van der Waals surface area contributed by atoms with E-state index in [1.54, 1.807) is 0 Å². The van der Waals surface area contributed by atoms with Gasteiger partial charge in [0.1, 0.15) is 0 Å². The van der Waals surface area contributed by atoms with E-state index in [0.717, 1.165) is 0 Å². The van der Waals surface area contributed by atoms with Crippen LogP contribution in [0.5, 0.6) is 0 Å². The predicted octanol–water partition coefficient (Wildman–Crippen LogP) is 0.849. The van der Waals surface area contributed by atoms with Crippen LogP contribution in [-0.2, 0) is 0 Å². The Labute approximate surface area is 31.7 Å². The van der Waals surface area contributed by atoms with Crippen LogP contribution in [0.1, 0.15) is 13.3 Å². The molecule has 28 valence electrons. The summed E-state index contributed by atoms with van der Waals surface area (Å²) < 4.78 is 0. The first-order valence-corrected chi connectivity index (χ1v) is 1.97. The highest BCUT2D eigenvalue weighted by molar-refractivity contribution is 5.77. The fourth-order valence-electron chi connectivity index (χ4n) is 0.272. The molecule has 0 aromatic carbocycles. The second-order valence-electron chi connectivity index (χ2n) is 1.27. The molecule has 0 aromatic rings. The Bertz CT molecular complexity index is 50.7. The molecular formula is C4H7N. The van der Waals surface area contributed by atoms with Crippen molar-refractivity contribution < 1.29 is 0 Å². The lowest BCUT2D eigenvalue weighted by Gasteiger charge is -1.72. The maximum Gasteiger partial charge on any atom is 0.0840 e. The maximum atomic E-state index is 3.90. The molecule has 1 rings (SSSR count). The van der Waals surface area contributed by atoms with Gasteiger partial charge in [-0.05, 0) is 6.42 Å². The number of nitrogens with zero attached hydrogens (tertiary/aromatic N) is 1. The van der Waals surface area contributed by atoms with Crippen molar-refractivity contribution >= 4 is 6.21 Å². The summed E-state index contributed by atoms with van der Waals surface area (Å²) in [5.74, 6) is 0. The molecular weight excluding hydrogens is 62.1 g/mol. The number of hydrogen-bond donors (Lipinski definition) is 0. The van der Waals surface area contributed by atoms with Gasteiger partial charge >= 0.3 is 0 Å². The first-order valence-electron chi connectivity index (χ1n) is 1.97. The van der Waals surface area contributed by atoms with Crippen LogP contribution in [0.3, 0.4) is 0 Å². The molecule has 1 heteroatoms. The van der Waals surface area contributed by atoms with Crippen molar-refractivity contribution in [3.8, 4) is 0 Å². The highest BCUT2D eigenvalue weighted by Crippen LogP contribution is 2.03. The van der Waals surface area contributed by atoms with E-state index >= 15 is 0 Å². The summed E-state index contributed by atoms with van der Waals surface area (Å²) in [6, 6.07) is 0.634. The van der Waals surface area contributed by atoms with E-state index in [1.165, 1.54) is 6.42 Å². The van der Waals surface area contributed by atoms with E-state index in [-0.39, 0.29) is 0 Å². The third-order valence-electron chi connectivity index (χ3n) is 0.778. The monoisotopic (exact) mass is 69.1 g/mol. The van der Waals surface area contributed by atoms with Crippen molar-refractivity contribution in [2.45, 2.75) is 19.4 Å². The summed E-state index contributed by atoms with van der Waals surface area (Å²) in [5.41, 5.74) is 0. The number of rotatable bonds is 1. The third-order valence-corrected chi connectivity index (χ3v) is 0.778. The first-order chi connectivity index (χ1) is 2.43. The second-order valence-corrected chi connectivity index (χ2v) is 1.27. The molecule has 1 aliphatic heterocycles. The van der Waals surface area contributed by atoms with Crippen molar-refractivity contribution in [2.24, 2.45) is 4.99 Å². The van der Waals surface area contributed by atoms with Crippen LogP contribution in [0.15, 0.2) is 4.99 Å². The fraction of sp³-hybridized carbons (Fsp3) is 0.750. The molecule has 0 fully saturated rings. The van der Waals surface area contributed by atoms with Gasteiger partial charge in [-0.3, -0.25) is 4.99 Å². The average molecular weight is 69.1 g/mol. The minimum atomic E-state index is 0.634. The van der Waals surface area contributed by atoms with E-state index < -0.39 is 0 Å². The Balaban J connectivity index is 2.06. The zero-order valence-corrected chi connectivity index (χ0v) is 3.31. The number of aliphatic imine (C=N–C) groups is 1. The lowest BCUT2D eigenvalue weighted by Crippen LogP contribution is -1.77. The van der Waals surface area contributed by atoms with Crippen molar-refractivity contribution in [3.63, 3.8) is 0 Å². The first kappa shape index (κ1) is 2.88. The smallest absolute Gasteiger partial charge is 0.0840 e. The third kappa shape index (κ3) is 0.469. The molecule has 0 saturated carbocycles. The summed E-state index contributed by atoms with van der Waals surface area (Å²) in [7, 11) is 0. The van der Waals surface area contributed by atoms with Gasteiger partial charge in [-0.2, -0.15) is 0 Å². The average Bonchev–Trinajstić information content (AvgIpc) is 2.12. The van der Waals surface area contributed by atoms with Crippen LogP contribution in [0, 0.1) is 0 Å². The molecule has 0 aliphatic carbocycles. The minimum Gasteiger partial charge on any atom is -0.286 e. The van der Waals surface area contributed by atoms with Gasteiger partial charge in [0.15, 0.2) is 0 Å². The van der Waals surface area contributed by atoms with Gasteiger partial charge < -0.3 is 0 Å². The van der Waals surface area contributed by atoms with Gasteiger partial charge in [0.05, 0.1) is 6.04 Å². The number of hydrogen-bond acceptors (Lipinski definition) is 1. The van der Waals surface area contributed by atoms with Gasteiger partial charge in [-0.25, -0.2) is 0 Å². The topological polar surface area (TPSA) is 12.4 Å². The molecule has 1 atom stereocenters. The molecule has 5 heavy (non-hydrogen) atoms. The van der Waals surface area contributed by atoms with Gasteiger partial charge in [0.25, 0.3) is 0 Å². The van der Waals surface area contributed by atoms with E-state index in [1.807, 2.05) is 6.21 Å². The van der Waals surface area contributed by atoms with Gasteiger partial charge in [-0.15, -0.1) is 0 Å². The van der Waals surface area contributed by atoms with Gasteiger partial charge in [0.2, 0.25) is 0 Å². The Kier molecular flexibility index (Phi) is 0.469. The zero-order valence-electron chi connectivity index (χ0n) is 3.31. The Morgan fingerprint density at radius 2 is 2.60 bits per heavy atom. The molecule has 1 nitrogen and oxygen atoms in total. The van der Waals surface area contributed by atoms with Gasteiger partial charge in [-0.1, -0.05) is 6.92 Å². The van der Waals surface area contributed by atoms with Crippen LogP contribution in [-0.4, -0.2) is 12.3 Å². The maximum absolute atomic E-state index is 3.90. The standard InChI is InChI=1S/C4H7N/c1-2-4-3-5-4/h3-4H,2H2,1H3/t4-/m1/s1. The molecule has 1 aliphatic rings. The Morgan fingerprint density at radius 3 is 2.60 bits per heavy atom. The molecule has 0 amide bonds. The lowest BCUT2D eigenvalue weighted by molar-refractivity contribution is 0.928. The predicted molar refractivity (Wildman–Crippen MR) is 22.6 cm³/mol. The van der Waals surface area contributed by atoms with E-state index in [4.69, 9.17) is 0 Å². The molecule has 0 unspecified atom stereocenters. The van der Waals surface area contributed by atoms with Crippen LogP contribution >= 0.6 is 0 Å². The van der Waals surface area contributed by atoms with Crippen molar-refractivity contribution in [3.05, 3.63) is 0 Å². The highest BCUT2D eigenvalue weighted by Gasteiger charge is 2.06. The molecule has 0 radical (unpaired) electrons. The molecule has 0 N–H and O–H groups in total. The lowest BCUT2D eigenvalue weighted by atomic mass is 10.4. The van der Waals surface area contributed by atoms with Crippen LogP contribution < -0.4 is 0 Å². The highest BCUT2D eigenvalue weighted by atomic mass is 14.9. The van der Waals surface area contributed by atoms with E-state index in [9.17, 15) is 0 Å². The minimum absolute atomic E-state index is 0.634. The molecule has 0 saturated heterocycles. The van der Waals surface area contributed by atoms with E-state index in [2.05, 4.69) is 11.9 Å². The van der Waals surface area contributed by atoms with Crippen molar-refractivity contribution in [1.29, 1.82) is 0 Å². The molecule has 0 bridgehead atoms. The van der Waals surface area contributed by atoms with Gasteiger partial charge in [0, 0.05) is 6.21 Å². The van der Waals surface area contributed by atoms with Crippen LogP contribution in [0.2, 0.25) is 0 Å². The summed E-state index contributed by atoms with van der Waals surface area (Å²) in [6.45, 7) is 2.14. The normalized spacial score (nSPS) is 31.0. The fourth-order valence-corrected chi connectivity index (χ4v) is 0.272. The molecule has 0 aromatic heterocycles. The van der Waals surface area contributed by atoms with Crippen molar-refractivity contribution in [1.82, 2.24) is 0 Å². The summed E-state index contributed by atoms with van der Waals surface area (Å²) in [6.07, 6.45) is 3.17. The SMILES string of the molecule is CC[C@@H]1C=N1. The van der Waals surface area contributed by atoms with Crippen LogP contribution in [0.4, 0.5) is 0 Å². The van der Waals surface area contributed by atoms with Crippen molar-refractivity contribution in [2.75, 3.05) is 0 Å². The zero-order chi connectivity index (χ0) is 3.70. The van der Waals surface area contributed by atoms with E-state index in [0.29, 0.717) is 6.04 Å². The summed E-state index contributed by atoms with van der Waals surface area (Å²) in [4.78, 5) is 3.90. The largest absolute Gasteiger partial charge is 0.286 e. The summed E-state index contributed by atoms with van der Waals surface area (Å²) in [5, 5.41) is 0. The quantitative estimate of drug-likeness (QED) is 0.433. The summed E-state index contributed by atoms with van der Waals surface area (Å²) >= 11 is 0. The Hall–Kier alpha value is -0.330. The molecule has 1 heterocycles. The molecule has 0 spiro atoms. The second kappa shape index (κ2) is 0.814. The van der Waals surface area contributed by atoms with Crippen LogP contribution in [0.25, 0.3) is 0 Å².